The van der Waals surface area contributed by atoms with E-state index in [9.17, 15) is 0 Å². The molecule has 4 aromatic rings. The van der Waals surface area contributed by atoms with E-state index in [-0.39, 0.29) is 6.10 Å². The van der Waals surface area contributed by atoms with E-state index in [1.165, 1.54) is 0 Å². The normalized spacial score (nSPS) is 17.7. The van der Waals surface area contributed by atoms with Gasteiger partial charge in [0.25, 0.3) is 0 Å². The molecule has 1 saturated heterocycles. The van der Waals surface area contributed by atoms with Crippen LogP contribution in [0, 0.1) is 0 Å². The second kappa shape index (κ2) is 8.19. The van der Waals surface area contributed by atoms with E-state index in [2.05, 4.69) is 34.6 Å². The van der Waals surface area contributed by atoms with Crippen LogP contribution in [0.1, 0.15) is 18.4 Å². The van der Waals surface area contributed by atoms with Crippen molar-refractivity contribution < 1.29 is 4.74 Å². The first-order valence-corrected chi connectivity index (χ1v) is 10.7. The highest BCUT2D eigenvalue weighted by Crippen LogP contribution is 2.21. The number of aromatic amines is 1. The number of benzene rings is 2. The Morgan fingerprint density at radius 2 is 2.00 bits per heavy atom. The molecule has 1 aliphatic rings. The molecule has 0 amide bonds. The molecule has 29 heavy (non-hydrogen) atoms. The maximum Gasteiger partial charge on any atom is 0.206 e. The van der Waals surface area contributed by atoms with E-state index in [0.29, 0.717) is 6.54 Å². The van der Waals surface area contributed by atoms with Crippen LogP contribution in [0.4, 0.5) is 0 Å². The van der Waals surface area contributed by atoms with Crippen LogP contribution in [0.2, 0.25) is 0 Å². The van der Waals surface area contributed by atoms with Gasteiger partial charge in [0.1, 0.15) is 0 Å². The third-order valence-corrected chi connectivity index (χ3v) is 6.00. The van der Waals surface area contributed by atoms with Crippen molar-refractivity contribution in [1.29, 1.82) is 0 Å². The van der Waals surface area contributed by atoms with Gasteiger partial charge in [-0.15, -0.1) is 11.3 Å². The molecule has 0 spiro atoms. The first kappa shape index (κ1) is 18.1. The molecule has 2 aromatic carbocycles. The van der Waals surface area contributed by atoms with Crippen LogP contribution in [-0.4, -0.2) is 35.1 Å². The van der Waals surface area contributed by atoms with Crippen molar-refractivity contribution in [1.82, 2.24) is 9.66 Å². The summed E-state index contributed by atoms with van der Waals surface area (Å²) in [4.78, 5) is 9.02. The van der Waals surface area contributed by atoms with E-state index < -0.39 is 0 Å². The summed E-state index contributed by atoms with van der Waals surface area (Å²) in [6.07, 6.45) is 6.33. The van der Waals surface area contributed by atoms with Crippen LogP contribution in [0.3, 0.4) is 0 Å². The molecule has 1 atom stereocenters. The van der Waals surface area contributed by atoms with Crippen molar-refractivity contribution in [3.8, 4) is 11.3 Å². The highest BCUT2D eigenvalue weighted by atomic mass is 32.1. The molecule has 5 rings (SSSR count). The number of nitrogens with zero attached hydrogens (tertiary/aromatic N) is 3. The summed E-state index contributed by atoms with van der Waals surface area (Å²) in [7, 11) is 0. The second-order valence-electron chi connectivity index (χ2n) is 7.09. The van der Waals surface area contributed by atoms with E-state index in [0.717, 1.165) is 52.0 Å². The van der Waals surface area contributed by atoms with Crippen LogP contribution in [0.15, 0.2) is 76.3 Å². The molecule has 5 nitrogen and oxygen atoms in total. The van der Waals surface area contributed by atoms with Crippen LogP contribution in [0.25, 0.3) is 22.2 Å². The summed E-state index contributed by atoms with van der Waals surface area (Å²) >= 11 is 1.61. The third kappa shape index (κ3) is 3.81. The lowest BCUT2D eigenvalue weighted by atomic mass is 10.2. The van der Waals surface area contributed by atoms with E-state index >= 15 is 0 Å². The number of hydrogen-bond acceptors (Lipinski definition) is 4. The van der Waals surface area contributed by atoms with Gasteiger partial charge in [0.2, 0.25) is 4.80 Å². The fraction of sp³-hybridized carbons (Fsp3) is 0.217. The fourth-order valence-corrected chi connectivity index (χ4v) is 4.46. The lowest BCUT2D eigenvalue weighted by Gasteiger charge is -2.05. The van der Waals surface area contributed by atoms with Gasteiger partial charge in [0.05, 0.1) is 24.6 Å². The van der Waals surface area contributed by atoms with Crippen LogP contribution >= 0.6 is 11.3 Å². The standard InChI is InChI=1S/C23H22N4OS/c1-2-7-17(8-3-1)22-16-29-23(25-15-19-9-6-12-28-19)27(22)26-14-18-13-24-21-11-5-4-10-20(18)21/h1-5,7-8,10-11,13-14,16,19,24H,6,9,12,15H2/b25-23?,26-14+/t19-/m0/s1. The average molecular weight is 403 g/mol. The van der Waals surface area contributed by atoms with Gasteiger partial charge in [-0.1, -0.05) is 48.5 Å². The lowest BCUT2D eigenvalue weighted by Crippen LogP contribution is -2.17. The molecule has 146 valence electrons. The first-order valence-electron chi connectivity index (χ1n) is 9.87. The molecule has 2 aromatic heterocycles. The van der Waals surface area contributed by atoms with Gasteiger partial charge in [0.15, 0.2) is 0 Å². The minimum absolute atomic E-state index is 0.225. The molecule has 0 bridgehead atoms. The predicted molar refractivity (Wildman–Crippen MR) is 118 cm³/mol. The molecule has 1 fully saturated rings. The zero-order valence-corrected chi connectivity index (χ0v) is 16.8. The zero-order chi connectivity index (χ0) is 19.5. The summed E-state index contributed by atoms with van der Waals surface area (Å²) in [5.74, 6) is 0. The quantitative estimate of drug-likeness (QED) is 0.485. The Morgan fingerprint density at radius 3 is 2.86 bits per heavy atom. The van der Waals surface area contributed by atoms with Crippen molar-refractivity contribution >= 4 is 28.5 Å². The summed E-state index contributed by atoms with van der Waals surface area (Å²) in [5, 5.41) is 8.11. The van der Waals surface area contributed by atoms with Gasteiger partial charge in [-0.25, -0.2) is 4.68 Å². The summed E-state index contributed by atoms with van der Waals surface area (Å²) in [5.41, 5.74) is 4.33. The molecule has 0 aliphatic carbocycles. The Kier molecular flexibility index (Phi) is 5.11. The predicted octanol–water partition coefficient (Wildman–Crippen LogP) is 4.66. The van der Waals surface area contributed by atoms with Gasteiger partial charge in [0, 0.05) is 40.2 Å². The molecule has 0 radical (unpaired) electrons. The number of aromatic nitrogens is 2. The number of nitrogens with one attached hydrogen (secondary N) is 1. The maximum absolute atomic E-state index is 5.73. The molecule has 1 aliphatic heterocycles. The summed E-state index contributed by atoms with van der Waals surface area (Å²) in [6.45, 7) is 1.52. The highest BCUT2D eigenvalue weighted by Gasteiger charge is 2.15. The summed E-state index contributed by atoms with van der Waals surface area (Å²) < 4.78 is 7.67. The lowest BCUT2D eigenvalue weighted by molar-refractivity contribution is 0.117. The van der Waals surface area contributed by atoms with Gasteiger partial charge >= 0.3 is 0 Å². The van der Waals surface area contributed by atoms with Crippen LogP contribution in [-0.2, 0) is 4.74 Å². The Bertz CT molecular complexity index is 1200. The number of fused-ring (bicyclic) bond motifs is 1. The smallest absolute Gasteiger partial charge is 0.206 e. The fourth-order valence-electron chi connectivity index (χ4n) is 3.62. The molecular formula is C23H22N4OS. The van der Waals surface area contributed by atoms with Crippen molar-refractivity contribution in [2.75, 3.05) is 13.2 Å². The Hall–Kier alpha value is -2.96. The van der Waals surface area contributed by atoms with Crippen molar-refractivity contribution in [3.63, 3.8) is 0 Å². The molecule has 0 saturated carbocycles. The van der Waals surface area contributed by atoms with Gasteiger partial charge in [-0.3, -0.25) is 4.99 Å². The number of thiazole rings is 1. The first-order chi connectivity index (χ1) is 14.4. The number of H-pyrrole nitrogens is 1. The summed E-state index contributed by atoms with van der Waals surface area (Å²) in [6, 6.07) is 18.6. The van der Waals surface area contributed by atoms with Gasteiger partial charge < -0.3 is 9.72 Å². The van der Waals surface area contributed by atoms with E-state index in [1.807, 2.05) is 47.4 Å². The largest absolute Gasteiger partial charge is 0.376 e. The highest BCUT2D eigenvalue weighted by molar-refractivity contribution is 7.07. The molecular weight excluding hydrogens is 380 g/mol. The molecule has 3 heterocycles. The number of hydrogen-bond donors (Lipinski definition) is 1. The minimum atomic E-state index is 0.225. The van der Waals surface area contributed by atoms with E-state index in [1.54, 1.807) is 11.3 Å². The van der Waals surface area contributed by atoms with E-state index in [4.69, 9.17) is 14.8 Å². The number of rotatable bonds is 5. The van der Waals surface area contributed by atoms with Crippen LogP contribution in [0.5, 0.6) is 0 Å². The van der Waals surface area contributed by atoms with Crippen LogP contribution < -0.4 is 4.80 Å². The second-order valence-corrected chi connectivity index (χ2v) is 7.93. The zero-order valence-electron chi connectivity index (χ0n) is 16.0. The topological polar surface area (TPSA) is 54.7 Å². The number of para-hydroxylation sites is 1. The SMILES string of the molecule is C(=N\n1c(-c2ccccc2)csc1=NC[C@@H]1CCCO1)/c1c[nH]c2ccccc12. The average Bonchev–Trinajstić information content (AvgIpc) is 3.51. The molecule has 0 unspecified atom stereocenters. The van der Waals surface area contributed by atoms with Gasteiger partial charge in [-0.05, 0) is 18.9 Å². The molecule has 1 N–H and O–H groups in total. The van der Waals surface area contributed by atoms with Crippen molar-refractivity contribution in [2.24, 2.45) is 10.1 Å². The molecule has 6 heteroatoms. The van der Waals surface area contributed by atoms with Crippen molar-refractivity contribution in [3.05, 3.63) is 76.5 Å². The minimum Gasteiger partial charge on any atom is -0.376 e. The maximum atomic E-state index is 5.73. The third-order valence-electron chi connectivity index (χ3n) is 5.14. The monoisotopic (exact) mass is 402 g/mol. The Labute approximate surface area is 173 Å². The Balaban J connectivity index is 1.55. The van der Waals surface area contributed by atoms with Gasteiger partial charge in [-0.2, -0.15) is 5.10 Å². The number of ether oxygens (including phenoxy) is 1. The van der Waals surface area contributed by atoms with Crippen molar-refractivity contribution in [2.45, 2.75) is 18.9 Å². The Morgan fingerprint density at radius 1 is 1.14 bits per heavy atom.